The van der Waals surface area contributed by atoms with Crippen molar-refractivity contribution < 1.29 is 9.90 Å². The van der Waals surface area contributed by atoms with Gasteiger partial charge in [-0.15, -0.1) is 11.6 Å². The molecule has 0 aromatic carbocycles. The molecule has 0 aliphatic rings. The SMILES string of the molecule is O=C(O)CC(S)CCCl. The Bertz CT molecular complexity index is 97.0. The number of thiol groups is 1. The standard InChI is InChI=1S/C5H9ClO2S/c6-2-1-4(9)3-5(7)8/h4,9H,1-3H2,(H,7,8). The van der Waals surface area contributed by atoms with Gasteiger partial charge in [0.2, 0.25) is 0 Å². The Balaban J connectivity index is 3.26. The zero-order valence-electron chi connectivity index (χ0n) is 4.88. The quantitative estimate of drug-likeness (QED) is 0.492. The molecule has 4 heteroatoms. The van der Waals surface area contributed by atoms with E-state index in [4.69, 9.17) is 16.7 Å². The van der Waals surface area contributed by atoms with Gasteiger partial charge >= 0.3 is 5.97 Å². The zero-order chi connectivity index (χ0) is 7.28. The summed E-state index contributed by atoms with van der Waals surface area (Å²) in [5.41, 5.74) is 0. The van der Waals surface area contributed by atoms with Crippen LogP contribution in [0, 0.1) is 0 Å². The number of aliphatic carboxylic acids is 1. The van der Waals surface area contributed by atoms with E-state index in [1.165, 1.54) is 0 Å². The number of hydrogen-bond donors (Lipinski definition) is 2. The third-order valence-electron chi connectivity index (χ3n) is 0.853. The molecule has 0 saturated carbocycles. The molecule has 0 rings (SSSR count). The molecule has 0 aliphatic carbocycles. The molecule has 0 aromatic heterocycles. The van der Waals surface area contributed by atoms with E-state index in [1.807, 2.05) is 0 Å². The van der Waals surface area contributed by atoms with Crippen LogP contribution in [0.3, 0.4) is 0 Å². The molecule has 0 aromatic rings. The molecule has 1 unspecified atom stereocenters. The second-order valence-electron chi connectivity index (χ2n) is 1.73. The molecule has 0 aliphatic heterocycles. The molecule has 1 N–H and O–H groups in total. The van der Waals surface area contributed by atoms with Crippen molar-refractivity contribution in [3.8, 4) is 0 Å². The van der Waals surface area contributed by atoms with Crippen molar-refractivity contribution >= 4 is 30.2 Å². The summed E-state index contributed by atoms with van der Waals surface area (Å²) >= 11 is 9.32. The smallest absolute Gasteiger partial charge is 0.304 e. The lowest BCUT2D eigenvalue weighted by Crippen LogP contribution is -2.07. The highest BCUT2D eigenvalue weighted by atomic mass is 35.5. The van der Waals surface area contributed by atoms with Gasteiger partial charge in [-0.25, -0.2) is 0 Å². The Hall–Kier alpha value is 0.110. The second kappa shape index (κ2) is 4.94. The number of carboxylic acid groups (broad SMARTS) is 1. The van der Waals surface area contributed by atoms with E-state index in [-0.39, 0.29) is 11.7 Å². The van der Waals surface area contributed by atoms with Crippen molar-refractivity contribution in [1.29, 1.82) is 0 Å². The number of hydrogen-bond acceptors (Lipinski definition) is 2. The lowest BCUT2D eigenvalue weighted by Gasteiger charge is -2.02. The van der Waals surface area contributed by atoms with Crippen LogP contribution in [0.1, 0.15) is 12.8 Å². The average molecular weight is 169 g/mol. The Kier molecular flexibility index (Phi) is 5.00. The van der Waals surface area contributed by atoms with Gasteiger partial charge in [-0.1, -0.05) is 0 Å². The molecule has 0 radical (unpaired) electrons. The van der Waals surface area contributed by atoms with Crippen LogP contribution < -0.4 is 0 Å². The van der Waals surface area contributed by atoms with E-state index in [2.05, 4.69) is 12.6 Å². The first kappa shape index (κ1) is 9.11. The highest BCUT2D eigenvalue weighted by Crippen LogP contribution is 2.06. The first-order chi connectivity index (χ1) is 4.16. The molecule has 0 amide bonds. The van der Waals surface area contributed by atoms with Gasteiger partial charge in [-0.2, -0.15) is 12.6 Å². The summed E-state index contributed by atoms with van der Waals surface area (Å²) in [5, 5.41) is 8.12. The van der Waals surface area contributed by atoms with Gasteiger partial charge in [0.1, 0.15) is 0 Å². The van der Waals surface area contributed by atoms with Gasteiger partial charge in [-0.05, 0) is 6.42 Å². The minimum atomic E-state index is -0.819. The molecule has 2 nitrogen and oxygen atoms in total. The van der Waals surface area contributed by atoms with E-state index in [0.29, 0.717) is 12.3 Å². The molecule has 0 fully saturated rings. The highest BCUT2D eigenvalue weighted by Gasteiger charge is 2.06. The molecular weight excluding hydrogens is 160 g/mol. The minimum absolute atomic E-state index is 0.0931. The number of carbonyl (C=O) groups is 1. The van der Waals surface area contributed by atoms with Gasteiger partial charge < -0.3 is 5.11 Å². The zero-order valence-corrected chi connectivity index (χ0v) is 6.53. The Morgan fingerprint density at radius 3 is 2.67 bits per heavy atom. The summed E-state index contributed by atoms with van der Waals surface area (Å²) in [6, 6.07) is 0. The molecule has 54 valence electrons. The monoisotopic (exact) mass is 168 g/mol. The topological polar surface area (TPSA) is 37.3 Å². The van der Waals surface area contributed by atoms with E-state index < -0.39 is 5.97 Å². The van der Waals surface area contributed by atoms with Crippen LogP contribution in [-0.4, -0.2) is 22.2 Å². The van der Waals surface area contributed by atoms with Gasteiger partial charge in [-0.3, -0.25) is 4.79 Å². The molecule has 1 atom stereocenters. The van der Waals surface area contributed by atoms with Crippen LogP contribution in [0.5, 0.6) is 0 Å². The number of alkyl halides is 1. The van der Waals surface area contributed by atoms with Crippen molar-refractivity contribution in [3.63, 3.8) is 0 Å². The third-order valence-corrected chi connectivity index (χ3v) is 1.51. The van der Waals surface area contributed by atoms with Crippen LogP contribution in [0.2, 0.25) is 0 Å². The van der Waals surface area contributed by atoms with Crippen LogP contribution in [-0.2, 0) is 4.79 Å². The van der Waals surface area contributed by atoms with Gasteiger partial charge in [0.25, 0.3) is 0 Å². The normalized spacial score (nSPS) is 13.1. The van der Waals surface area contributed by atoms with Crippen LogP contribution >= 0.6 is 24.2 Å². The maximum absolute atomic E-state index is 9.99. The largest absolute Gasteiger partial charge is 0.481 e. The van der Waals surface area contributed by atoms with Crippen LogP contribution in [0.15, 0.2) is 0 Å². The van der Waals surface area contributed by atoms with Crippen LogP contribution in [0.25, 0.3) is 0 Å². The maximum Gasteiger partial charge on any atom is 0.304 e. The highest BCUT2D eigenvalue weighted by molar-refractivity contribution is 7.81. The van der Waals surface area contributed by atoms with Gasteiger partial charge in [0.15, 0.2) is 0 Å². The summed E-state index contributed by atoms with van der Waals surface area (Å²) in [6.07, 6.45) is 0.743. The van der Waals surface area contributed by atoms with Crippen molar-refractivity contribution in [1.82, 2.24) is 0 Å². The van der Waals surface area contributed by atoms with Crippen LogP contribution in [0.4, 0.5) is 0 Å². The van der Waals surface area contributed by atoms with Crippen molar-refractivity contribution in [2.24, 2.45) is 0 Å². The summed E-state index contributed by atoms with van der Waals surface area (Å²) in [6.45, 7) is 0. The summed E-state index contributed by atoms with van der Waals surface area (Å²) in [7, 11) is 0. The van der Waals surface area contributed by atoms with E-state index in [1.54, 1.807) is 0 Å². The van der Waals surface area contributed by atoms with E-state index in [0.717, 1.165) is 0 Å². The molecule has 0 spiro atoms. The number of rotatable bonds is 4. The van der Waals surface area contributed by atoms with E-state index >= 15 is 0 Å². The molecule has 0 saturated heterocycles. The van der Waals surface area contributed by atoms with E-state index in [9.17, 15) is 4.79 Å². The lowest BCUT2D eigenvalue weighted by molar-refractivity contribution is -0.136. The number of halogens is 1. The Morgan fingerprint density at radius 2 is 2.33 bits per heavy atom. The molecule has 0 bridgehead atoms. The lowest BCUT2D eigenvalue weighted by atomic mass is 10.2. The fraction of sp³-hybridized carbons (Fsp3) is 0.800. The number of carboxylic acids is 1. The summed E-state index contributed by atoms with van der Waals surface area (Å²) < 4.78 is 0. The average Bonchev–Trinajstić information content (AvgIpc) is 1.63. The van der Waals surface area contributed by atoms with Crippen molar-refractivity contribution in [2.45, 2.75) is 18.1 Å². The third kappa shape index (κ3) is 5.99. The fourth-order valence-corrected chi connectivity index (χ4v) is 1.13. The first-order valence-electron chi connectivity index (χ1n) is 2.62. The van der Waals surface area contributed by atoms with Gasteiger partial charge in [0.05, 0.1) is 6.42 Å². The van der Waals surface area contributed by atoms with Crippen molar-refractivity contribution in [2.75, 3.05) is 5.88 Å². The van der Waals surface area contributed by atoms with Gasteiger partial charge in [0, 0.05) is 11.1 Å². The molecule has 0 heterocycles. The predicted molar refractivity (Wildman–Crippen MR) is 40.4 cm³/mol. The predicted octanol–water partition coefficient (Wildman–Crippen LogP) is 1.39. The summed E-state index contributed by atoms with van der Waals surface area (Å²) in [4.78, 5) is 9.99. The minimum Gasteiger partial charge on any atom is -0.481 e. The fourth-order valence-electron chi connectivity index (χ4n) is 0.430. The Morgan fingerprint density at radius 1 is 1.78 bits per heavy atom. The molecule has 9 heavy (non-hydrogen) atoms. The van der Waals surface area contributed by atoms with Crippen molar-refractivity contribution in [3.05, 3.63) is 0 Å². The summed E-state index contributed by atoms with van der Waals surface area (Å²) in [5.74, 6) is -0.346. The second-order valence-corrected chi connectivity index (χ2v) is 2.84. The maximum atomic E-state index is 9.99. The first-order valence-corrected chi connectivity index (χ1v) is 3.67. The molecular formula is C5H9ClO2S. The Labute approximate surface area is 64.6 Å².